The van der Waals surface area contributed by atoms with Gasteiger partial charge >= 0.3 is 5.97 Å². The first-order valence-electron chi connectivity index (χ1n) is 5.04. The van der Waals surface area contributed by atoms with Crippen LogP contribution in [0.5, 0.6) is 0 Å². The monoisotopic (exact) mass is 241 g/mol. The molecule has 1 aromatic heterocycles. The molecule has 2 N–H and O–H groups in total. The lowest BCUT2D eigenvalue weighted by Gasteiger charge is -2.14. The van der Waals surface area contributed by atoms with Gasteiger partial charge in [-0.15, -0.1) is 5.10 Å². The lowest BCUT2D eigenvalue weighted by Crippen LogP contribution is -2.21. The molecule has 1 rings (SSSR count). The van der Waals surface area contributed by atoms with Gasteiger partial charge in [0.25, 0.3) is 0 Å². The van der Waals surface area contributed by atoms with E-state index in [0.29, 0.717) is 5.82 Å². The van der Waals surface area contributed by atoms with Gasteiger partial charge in [0.15, 0.2) is 5.82 Å². The van der Waals surface area contributed by atoms with Crippen molar-refractivity contribution in [2.24, 2.45) is 0 Å². The van der Waals surface area contributed by atoms with Crippen molar-refractivity contribution in [3.05, 3.63) is 17.8 Å². The van der Waals surface area contributed by atoms with Crippen LogP contribution in [0.1, 0.15) is 24.2 Å². The summed E-state index contributed by atoms with van der Waals surface area (Å²) in [6.45, 7) is 4.07. The lowest BCUT2D eigenvalue weighted by molar-refractivity contribution is 0.0697. The van der Waals surface area contributed by atoms with Crippen molar-refractivity contribution in [1.82, 2.24) is 10.2 Å². The molecule has 88 valence electrons. The zero-order chi connectivity index (χ0) is 12.0. The predicted molar refractivity (Wildman–Crippen MR) is 65.1 cm³/mol. The Hall–Kier alpha value is -1.30. The molecule has 0 fully saturated rings. The van der Waals surface area contributed by atoms with Crippen LogP contribution >= 0.6 is 11.8 Å². The molecule has 0 bridgehead atoms. The maximum absolute atomic E-state index is 10.9. The van der Waals surface area contributed by atoms with Gasteiger partial charge < -0.3 is 10.4 Å². The zero-order valence-corrected chi connectivity index (χ0v) is 10.1. The number of rotatable bonds is 6. The minimum Gasteiger partial charge on any atom is -0.478 e. The van der Waals surface area contributed by atoms with Gasteiger partial charge in [0.1, 0.15) is 5.56 Å². The molecule has 0 aliphatic rings. The van der Waals surface area contributed by atoms with Crippen LogP contribution in [0.15, 0.2) is 12.3 Å². The second-order valence-electron chi connectivity index (χ2n) is 3.30. The number of nitrogens with zero attached hydrogens (tertiary/aromatic N) is 2. The first-order valence-corrected chi connectivity index (χ1v) is 6.19. The van der Waals surface area contributed by atoms with Gasteiger partial charge in [0.05, 0.1) is 6.20 Å². The predicted octanol–water partition coefficient (Wildman–Crippen LogP) is 1.73. The number of aromatic carboxylic acids is 1. The second-order valence-corrected chi connectivity index (χ2v) is 4.62. The number of aromatic nitrogens is 2. The molecule has 0 radical (unpaired) electrons. The Kier molecular flexibility index (Phi) is 5.04. The summed E-state index contributed by atoms with van der Waals surface area (Å²) in [5, 5.41) is 19.5. The van der Waals surface area contributed by atoms with Gasteiger partial charge in [-0.2, -0.15) is 16.9 Å². The lowest BCUT2D eigenvalue weighted by atomic mass is 10.2. The molecule has 1 aromatic rings. The SMILES string of the molecule is CCSCC(C)Nc1nnccc1C(=O)O. The van der Waals surface area contributed by atoms with Crippen molar-refractivity contribution >= 4 is 23.5 Å². The van der Waals surface area contributed by atoms with Crippen molar-refractivity contribution in [3.8, 4) is 0 Å². The maximum atomic E-state index is 10.9. The van der Waals surface area contributed by atoms with Crippen molar-refractivity contribution in [2.75, 3.05) is 16.8 Å². The summed E-state index contributed by atoms with van der Waals surface area (Å²) in [7, 11) is 0. The number of hydrogen-bond donors (Lipinski definition) is 2. The maximum Gasteiger partial charge on any atom is 0.339 e. The van der Waals surface area contributed by atoms with Crippen molar-refractivity contribution in [2.45, 2.75) is 19.9 Å². The Bertz CT molecular complexity index is 360. The van der Waals surface area contributed by atoms with Crippen LogP contribution in [0.2, 0.25) is 0 Å². The third-order valence-electron chi connectivity index (χ3n) is 1.91. The van der Waals surface area contributed by atoms with Crippen molar-refractivity contribution < 1.29 is 9.90 Å². The quantitative estimate of drug-likeness (QED) is 0.790. The first-order chi connectivity index (χ1) is 7.65. The molecule has 0 aliphatic heterocycles. The largest absolute Gasteiger partial charge is 0.478 e. The van der Waals surface area contributed by atoms with Gasteiger partial charge in [-0.05, 0) is 18.7 Å². The van der Waals surface area contributed by atoms with Crippen molar-refractivity contribution in [3.63, 3.8) is 0 Å². The van der Waals surface area contributed by atoms with E-state index in [2.05, 4.69) is 22.4 Å². The van der Waals surface area contributed by atoms with E-state index < -0.39 is 5.97 Å². The molecule has 1 heterocycles. The standard InChI is InChI=1S/C10H15N3O2S/c1-3-16-6-7(2)12-9-8(10(14)15)4-5-11-13-9/h4-5,7H,3,6H2,1-2H3,(H,12,13)(H,14,15). The van der Waals surface area contributed by atoms with E-state index in [0.717, 1.165) is 11.5 Å². The minimum atomic E-state index is -0.993. The molecule has 0 saturated heterocycles. The van der Waals surface area contributed by atoms with Gasteiger partial charge in [0.2, 0.25) is 0 Å². The molecule has 5 nitrogen and oxygen atoms in total. The van der Waals surface area contributed by atoms with E-state index in [9.17, 15) is 4.79 Å². The number of carboxylic acids is 1. The third kappa shape index (κ3) is 3.69. The van der Waals surface area contributed by atoms with E-state index >= 15 is 0 Å². The summed E-state index contributed by atoms with van der Waals surface area (Å²) in [6.07, 6.45) is 1.38. The molecule has 1 unspecified atom stereocenters. The van der Waals surface area contributed by atoms with Crippen LogP contribution in [0.4, 0.5) is 5.82 Å². The van der Waals surface area contributed by atoms with Crippen LogP contribution < -0.4 is 5.32 Å². The molecule has 0 amide bonds. The Labute approximate surface area is 98.7 Å². The summed E-state index contributed by atoms with van der Waals surface area (Å²) >= 11 is 1.79. The number of thioether (sulfide) groups is 1. The molecular weight excluding hydrogens is 226 g/mol. The number of nitrogens with one attached hydrogen (secondary N) is 1. The molecule has 0 saturated carbocycles. The number of anilines is 1. The fourth-order valence-corrected chi connectivity index (χ4v) is 1.85. The molecule has 16 heavy (non-hydrogen) atoms. The van der Waals surface area contributed by atoms with Gasteiger partial charge in [-0.3, -0.25) is 0 Å². The summed E-state index contributed by atoms with van der Waals surface area (Å²) in [6, 6.07) is 1.61. The Morgan fingerprint density at radius 2 is 2.44 bits per heavy atom. The first kappa shape index (κ1) is 12.8. The van der Waals surface area contributed by atoms with E-state index in [4.69, 9.17) is 5.11 Å². The number of carboxylic acid groups (broad SMARTS) is 1. The zero-order valence-electron chi connectivity index (χ0n) is 9.30. The van der Waals surface area contributed by atoms with E-state index in [1.165, 1.54) is 12.3 Å². The van der Waals surface area contributed by atoms with E-state index in [1.54, 1.807) is 11.8 Å². The molecule has 6 heteroatoms. The van der Waals surface area contributed by atoms with Crippen LogP contribution in [0, 0.1) is 0 Å². The Balaban J connectivity index is 2.69. The summed E-state index contributed by atoms with van der Waals surface area (Å²) in [5.74, 6) is 1.29. The Morgan fingerprint density at radius 1 is 1.69 bits per heavy atom. The van der Waals surface area contributed by atoms with Crippen LogP contribution in [-0.2, 0) is 0 Å². The van der Waals surface area contributed by atoms with Gasteiger partial charge in [-0.25, -0.2) is 4.79 Å². The van der Waals surface area contributed by atoms with Crippen molar-refractivity contribution in [1.29, 1.82) is 0 Å². The highest BCUT2D eigenvalue weighted by molar-refractivity contribution is 7.99. The highest BCUT2D eigenvalue weighted by Crippen LogP contribution is 2.13. The molecular formula is C10H15N3O2S. The van der Waals surface area contributed by atoms with Crippen LogP contribution in [-0.4, -0.2) is 38.8 Å². The third-order valence-corrected chi connectivity index (χ3v) is 3.05. The van der Waals surface area contributed by atoms with Crippen LogP contribution in [0.25, 0.3) is 0 Å². The van der Waals surface area contributed by atoms with Gasteiger partial charge in [-0.1, -0.05) is 6.92 Å². The molecule has 0 aliphatic carbocycles. The summed E-state index contributed by atoms with van der Waals surface area (Å²) < 4.78 is 0. The smallest absolute Gasteiger partial charge is 0.339 e. The average molecular weight is 241 g/mol. The highest BCUT2D eigenvalue weighted by atomic mass is 32.2. The van der Waals surface area contributed by atoms with Crippen LogP contribution in [0.3, 0.4) is 0 Å². The minimum absolute atomic E-state index is 0.156. The highest BCUT2D eigenvalue weighted by Gasteiger charge is 2.13. The van der Waals surface area contributed by atoms with E-state index in [1.807, 2.05) is 6.92 Å². The number of hydrogen-bond acceptors (Lipinski definition) is 5. The van der Waals surface area contributed by atoms with Gasteiger partial charge in [0, 0.05) is 11.8 Å². The second kappa shape index (κ2) is 6.32. The average Bonchev–Trinajstić information content (AvgIpc) is 2.27. The summed E-state index contributed by atoms with van der Waals surface area (Å²) in [4.78, 5) is 10.9. The molecule has 0 aromatic carbocycles. The Morgan fingerprint density at radius 3 is 3.06 bits per heavy atom. The topological polar surface area (TPSA) is 75.1 Å². The molecule has 1 atom stereocenters. The fraction of sp³-hybridized carbons (Fsp3) is 0.500. The summed E-state index contributed by atoms with van der Waals surface area (Å²) in [5.41, 5.74) is 0.156. The molecule has 0 spiro atoms. The van der Waals surface area contributed by atoms with E-state index in [-0.39, 0.29) is 11.6 Å². The number of carbonyl (C=O) groups is 1. The fourth-order valence-electron chi connectivity index (χ4n) is 1.18. The normalized spacial score (nSPS) is 12.1.